The van der Waals surface area contributed by atoms with Crippen LogP contribution >= 0.6 is 0 Å². The molecule has 2 rings (SSSR count). The SMILES string of the molecule is CCn1cc(COC2CC(N)C2)cn1. The van der Waals surface area contributed by atoms with Crippen LogP contribution < -0.4 is 5.73 Å². The summed E-state index contributed by atoms with van der Waals surface area (Å²) in [6.07, 6.45) is 6.26. The molecule has 4 heteroatoms. The molecule has 1 fully saturated rings. The van der Waals surface area contributed by atoms with Gasteiger partial charge in [0.2, 0.25) is 0 Å². The lowest BCUT2D eigenvalue weighted by Gasteiger charge is -2.31. The predicted molar refractivity (Wildman–Crippen MR) is 53.7 cm³/mol. The van der Waals surface area contributed by atoms with Crippen molar-refractivity contribution in [3.63, 3.8) is 0 Å². The fourth-order valence-electron chi connectivity index (χ4n) is 1.61. The number of nitrogens with two attached hydrogens (primary N) is 1. The van der Waals surface area contributed by atoms with Crippen molar-refractivity contribution in [2.75, 3.05) is 0 Å². The number of aromatic nitrogens is 2. The van der Waals surface area contributed by atoms with E-state index in [9.17, 15) is 0 Å². The molecule has 0 saturated heterocycles. The Kier molecular flexibility index (Phi) is 2.84. The molecule has 1 heterocycles. The van der Waals surface area contributed by atoms with Crippen molar-refractivity contribution in [2.45, 2.75) is 45.1 Å². The quantitative estimate of drug-likeness (QED) is 0.777. The summed E-state index contributed by atoms with van der Waals surface area (Å²) < 4.78 is 7.57. The lowest BCUT2D eigenvalue weighted by atomic mass is 9.90. The van der Waals surface area contributed by atoms with E-state index in [-0.39, 0.29) is 0 Å². The van der Waals surface area contributed by atoms with Crippen molar-refractivity contribution in [3.05, 3.63) is 18.0 Å². The van der Waals surface area contributed by atoms with Crippen LogP contribution in [0.25, 0.3) is 0 Å². The van der Waals surface area contributed by atoms with Crippen LogP contribution in [0.15, 0.2) is 12.4 Å². The number of aryl methyl sites for hydroxylation is 1. The second kappa shape index (κ2) is 4.11. The van der Waals surface area contributed by atoms with Crippen molar-refractivity contribution in [1.29, 1.82) is 0 Å². The normalized spacial score (nSPS) is 26.1. The van der Waals surface area contributed by atoms with Crippen LogP contribution in [0.5, 0.6) is 0 Å². The Morgan fingerprint density at radius 2 is 2.43 bits per heavy atom. The number of rotatable bonds is 4. The van der Waals surface area contributed by atoms with Gasteiger partial charge in [0.15, 0.2) is 0 Å². The summed E-state index contributed by atoms with van der Waals surface area (Å²) in [4.78, 5) is 0. The number of ether oxygens (including phenoxy) is 1. The van der Waals surface area contributed by atoms with Gasteiger partial charge in [0, 0.05) is 24.3 Å². The molecule has 1 aliphatic carbocycles. The summed E-state index contributed by atoms with van der Waals surface area (Å²) in [5.41, 5.74) is 6.81. The molecule has 0 aliphatic heterocycles. The largest absolute Gasteiger partial charge is 0.373 e. The second-order valence-electron chi connectivity index (χ2n) is 3.87. The zero-order chi connectivity index (χ0) is 9.97. The van der Waals surface area contributed by atoms with Crippen LogP contribution in [0.2, 0.25) is 0 Å². The van der Waals surface area contributed by atoms with Crippen LogP contribution in [0.3, 0.4) is 0 Å². The molecular weight excluding hydrogens is 178 g/mol. The van der Waals surface area contributed by atoms with Gasteiger partial charge >= 0.3 is 0 Å². The first-order chi connectivity index (χ1) is 6.78. The number of hydrogen-bond acceptors (Lipinski definition) is 3. The van der Waals surface area contributed by atoms with Crippen LogP contribution in [0.4, 0.5) is 0 Å². The summed E-state index contributed by atoms with van der Waals surface area (Å²) >= 11 is 0. The third-order valence-electron chi connectivity index (χ3n) is 2.63. The van der Waals surface area contributed by atoms with Gasteiger partial charge in [-0.2, -0.15) is 5.10 Å². The molecule has 0 aromatic carbocycles. The fourth-order valence-corrected chi connectivity index (χ4v) is 1.61. The molecule has 0 spiro atoms. The van der Waals surface area contributed by atoms with Crippen molar-refractivity contribution < 1.29 is 4.74 Å². The lowest BCUT2D eigenvalue weighted by Crippen LogP contribution is -2.41. The highest BCUT2D eigenvalue weighted by atomic mass is 16.5. The zero-order valence-electron chi connectivity index (χ0n) is 8.52. The maximum atomic E-state index is 5.67. The minimum absolute atomic E-state index is 0.360. The predicted octanol–water partition coefficient (Wildman–Crippen LogP) is 0.909. The third-order valence-corrected chi connectivity index (χ3v) is 2.63. The van der Waals surface area contributed by atoms with Crippen LogP contribution in [-0.4, -0.2) is 21.9 Å². The molecule has 14 heavy (non-hydrogen) atoms. The molecule has 0 amide bonds. The molecule has 0 atom stereocenters. The lowest BCUT2D eigenvalue weighted by molar-refractivity contribution is -0.0188. The summed E-state index contributed by atoms with van der Waals surface area (Å²) in [7, 11) is 0. The highest BCUT2D eigenvalue weighted by Gasteiger charge is 2.26. The van der Waals surface area contributed by atoms with E-state index in [1.807, 2.05) is 17.1 Å². The number of hydrogen-bond donors (Lipinski definition) is 1. The first-order valence-corrected chi connectivity index (χ1v) is 5.16. The van der Waals surface area contributed by atoms with Gasteiger partial charge in [-0.25, -0.2) is 0 Å². The smallest absolute Gasteiger partial charge is 0.0751 e. The maximum absolute atomic E-state index is 5.67. The van der Waals surface area contributed by atoms with Gasteiger partial charge < -0.3 is 10.5 Å². The van der Waals surface area contributed by atoms with Crippen LogP contribution in [0, 0.1) is 0 Å². The molecule has 1 aliphatic rings. The first-order valence-electron chi connectivity index (χ1n) is 5.16. The third kappa shape index (κ3) is 2.13. The van der Waals surface area contributed by atoms with Crippen molar-refractivity contribution in [3.8, 4) is 0 Å². The molecule has 1 aromatic heterocycles. The van der Waals surface area contributed by atoms with E-state index < -0.39 is 0 Å². The van der Waals surface area contributed by atoms with E-state index in [2.05, 4.69) is 12.0 Å². The summed E-state index contributed by atoms with van der Waals surface area (Å²) in [6.45, 7) is 3.65. The Morgan fingerprint density at radius 3 is 3.00 bits per heavy atom. The minimum Gasteiger partial charge on any atom is -0.373 e. The van der Waals surface area contributed by atoms with Crippen LogP contribution in [0.1, 0.15) is 25.3 Å². The molecule has 0 bridgehead atoms. The standard InChI is InChI=1S/C10H17N3O/c1-2-13-6-8(5-12-13)7-14-10-3-9(11)4-10/h5-6,9-10H,2-4,7,11H2,1H3. The highest BCUT2D eigenvalue weighted by molar-refractivity contribution is 5.02. The summed E-state index contributed by atoms with van der Waals surface area (Å²) in [6, 6.07) is 0.360. The average Bonchev–Trinajstić information content (AvgIpc) is 2.58. The Hall–Kier alpha value is -0.870. The van der Waals surface area contributed by atoms with Gasteiger partial charge in [0.1, 0.15) is 0 Å². The molecule has 1 aromatic rings. The van der Waals surface area contributed by atoms with Gasteiger partial charge in [-0.15, -0.1) is 0 Å². The summed E-state index contributed by atoms with van der Waals surface area (Å²) in [5.74, 6) is 0. The van der Waals surface area contributed by atoms with E-state index in [0.29, 0.717) is 18.8 Å². The van der Waals surface area contributed by atoms with E-state index in [0.717, 1.165) is 24.9 Å². The van der Waals surface area contributed by atoms with Crippen molar-refractivity contribution in [1.82, 2.24) is 9.78 Å². The highest BCUT2D eigenvalue weighted by Crippen LogP contribution is 2.22. The van der Waals surface area contributed by atoms with Gasteiger partial charge in [0.25, 0.3) is 0 Å². The summed E-state index contributed by atoms with van der Waals surface area (Å²) in [5, 5.41) is 4.18. The Morgan fingerprint density at radius 1 is 1.64 bits per heavy atom. The van der Waals surface area contributed by atoms with Gasteiger partial charge in [-0.3, -0.25) is 4.68 Å². The maximum Gasteiger partial charge on any atom is 0.0751 e. The van der Waals surface area contributed by atoms with Gasteiger partial charge in [-0.1, -0.05) is 0 Å². The molecule has 0 unspecified atom stereocenters. The van der Waals surface area contributed by atoms with Gasteiger partial charge in [-0.05, 0) is 19.8 Å². The van der Waals surface area contributed by atoms with Crippen molar-refractivity contribution in [2.24, 2.45) is 5.73 Å². The van der Waals surface area contributed by atoms with Crippen molar-refractivity contribution >= 4 is 0 Å². The van der Waals surface area contributed by atoms with E-state index in [1.54, 1.807) is 0 Å². The molecular formula is C10H17N3O. The Balaban J connectivity index is 1.75. The average molecular weight is 195 g/mol. The first kappa shape index (κ1) is 9.68. The minimum atomic E-state index is 0.360. The topological polar surface area (TPSA) is 53.1 Å². The van der Waals surface area contributed by atoms with Gasteiger partial charge in [0.05, 0.1) is 18.9 Å². The molecule has 2 N–H and O–H groups in total. The Bertz CT molecular complexity index is 291. The molecule has 78 valence electrons. The molecule has 1 saturated carbocycles. The molecule has 0 radical (unpaired) electrons. The molecule has 4 nitrogen and oxygen atoms in total. The second-order valence-corrected chi connectivity index (χ2v) is 3.87. The van der Waals surface area contributed by atoms with E-state index >= 15 is 0 Å². The van der Waals surface area contributed by atoms with E-state index in [4.69, 9.17) is 10.5 Å². The Labute approximate surface area is 84.0 Å². The van der Waals surface area contributed by atoms with Crippen LogP contribution in [-0.2, 0) is 17.9 Å². The van der Waals surface area contributed by atoms with E-state index in [1.165, 1.54) is 0 Å². The monoisotopic (exact) mass is 195 g/mol. The zero-order valence-corrected chi connectivity index (χ0v) is 8.52. The number of nitrogens with zero attached hydrogens (tertiary/aromatic N) is 2. The fraction of sp³-hybridized carbons (Fsp3) is 0.700.